The topological polar surface area (TPSA) is 0 Å². The molecule has 0 aliphatic rings. The highest BCUT2D eigenvalue weighted by atomic mass is 33.5. The van der Waals surface area contributed by atoms with Crippen LogP contribution >= 0.6 is 31.4 Å². The Labute approximate surface area is 280 Å². The summed E-state index contributed by atoms with van der Waals surface area (Å²) in [5.74, 6) is 0. The molecule has 3 heteroatoms. The summed E-state index contributed by atoms with van der Waals surface area (Å²) in [7, 11) is 5.65. The summed E-state index contributed by atoms with van der Waals surface area (Å²) in [4.78, 5) is 2.72. The summed E-state index contributed by atoms with van der Waals surface area (Å²) in [6.45, 7) is 4.60. The molecule has 0 fully saturated rings. The Balaban J connectivity index is 1.42. The van der Waals surface area contributed by atoms with Crippen LogP contribution in [0.1, 0.15) is 179 Å². The van der Waals surface area contributed by atoms with Crippen LogP contribution in [0.3, 0.4) is 0 Å². The van der Waals surface area contributed by atoms with E-state index in [0.717, 1.165) is 0 Å². The van der Waals surface area contributed by atoms with E-state index in [-0.39, 0.29) is 0 Å². The first-order chi connectivity index (χ1) is 21.3. The fourth-order valence-electron chi connectivity index (χ4n) is 5.86. The first kappa shape index (κ1) is 38.7. The van der Waals surface area contributed by atoms with Gasteiger partial charge in [-0.25, -0.2) is 0 Å². The van der Waals surface area contributed by atoms with E-state index < -0.39 is 0 Å². The van der Waals surface area contributed by atoms with E-state index in [2.05, 4.69) is 62.4 Å². The standard InChI is InChI=1S/C40H66S3/c1-3-5-7-9-11-13-15-17-19-21-23-25-27-37-29-33-39(34-30-37)41-43-42-40-35-31-38(32-36-40)28-26-24-22-20-18-16-14-12-10-8-6-4-2/h29-36H,3-28H2,1-2H3. The Kier molecular flexibility index (Phi) is 26.0. The maximum absolute atomic E-state index is 2.34. The van der Waals surface area contributed by atoms with Crippen LogP contribution in [-0.4, -0.2) is 0 Å². The lowest BCUT2D eigenvalue weighted by atomic mass is 10.0. The van der Waals surface area contributed by atoms with Gasteiger partial charge in [0, 0.05) is 9.79 Å². The predicted octanol–water partition coefficient (Wildman–Crippen LogP) is 15.6. The average Bonchev–Trinajstić information content (AvgIpc) is 3.03. The minimum atomic E-state index is 1.23. The van der Waals surface area contributed by atoms with Gasteiger partial charge in [0.05, 0.1) is 0 Å². The van der Waals surface area contributed by atoms with Crippen molar-refractivity contribution in [1.82, 2.24) is 0 Å². The molecular weight excluding hydrogens is 577 g/mol. The molecule has 43 heavy (non-hydrogen) atoms. The van der Waals surface area contributed by atoms with E-state index in [1.54, 1.807) is 0 Å². The van der Waals surface area contributed by atoms with Crippen molar-refractivity contribution in [2.75, 3.05) is 0 Å². The smallest absolute Gasteiger partial charge is 0.0191 e. The van der Waals surface area contributed by atoms with Crippen LogP contribution in [0.2, 0.25) is 0 Å². The van der Waals surface area contributed by atoms with Gasteiger partial charge in [-0.2, -0.15) is 0 Å². The minimum Gasteiger partial charge on any atom is -0.0654 e. The zero-order valence-electron chi connectivity index (χ0n) is 28.2. The van der Waals surface area contributed by atoms with Gasteiger partial charge in [-0.1, -0.05) is 179 Å². The molecule has 0 saturated carbocycles. The Morgan fingerprint density at radius 3 is 0.860 bits per heavy atom. The zero-order chi connectivity index (χ0) is 30.5. The van der Waals surface area contributed by atoms with Gasteiger partial charge < -0.3 is 0 Å². The normalized spacial score (nSPS) is 11.4. The predicted molar refractivity (Wildman–Crippen MR) is 202 cm³/mol. The Hall–Kier alpha value is -0.510. The molecule has 244 valence electrons. The second kappa shape index (κ2) is 28.9. The van der Waals surface area contributed by atoms with Crippen LogP contribution in [-0.2, 0) is 12.8 Å². The van der Waals surface area contributed by atoms with E-state index in [1.807, 2.05) is 31.4 Å². The van der Waals surface area contributed by atoms with Crippen molar-refractivity contribution in [2.24, 2.45) is 0 Å². The molecule has 0 atom stereocenters. The number of benzene rings is 2. The molecule has 2 aromatic carbocycles. The van der Waals surface area contributed by atoms with Gasteiger partial charge in [0.1, 0.15) is 0 Å². The summed E-state index contributed by atoms with van der Waals surface area (Å²) in [5, 5.41) is 0. The fraction of sp³-hybridized carbons (Fsp3) is 0.700. The first-order valence-electron chi connectivity index (χ1n) is 18.5. The molecule has 0 heterocycles. The van der Waals surface area contributed by atoms with Crippen LogP contribution < -0.4 is 0 Å². The molecule has 0 aromatic heterocycles. The summed E-state index contributed by atoms with van der Waals surface area (Å²) in [6.07, 6.45) is 36.6. The molecule has 0 N–H and O–H groups in total. The van der Waals surface area contributed by atoms with Gasteiger partial charge in [0.15, 0.2) is 0 Å². The lowest BCUT2D eigenvalue weighted by Gasteiger charge is -2.06. The van der Waals surface area contributed by atoms with Crippen molar-refractivity contribution >= 4 is 31.4 Å². The lowest BCUT2D eigenvalue weighted by Crippen LogP contribution is -1.87. The van der Waals surface area contributed by atoms with Gasteiger partial charge in [-0.15, -0.1) is 0 Å². The van der Waals surface area contributed by atoms with Crippen LogP contribution in [0.5, 0.6) is 0 Å². The summed E-state index contributed by atoms with van der Waals surface area (Å²) in [6, 6.07) is 18.6. The van der Waals surface area contributed by atoms with E-state index in [1.165, 1.54) is 188 Å². The highest BCUT2D eigenvalue weighted by molar-refractivity contribution is 9.09. The average molecular weight is 643 g/mol. The number of hydrogen-bond donors (Lipinski definition) is 0. The molecule has 0 nitrogen and oxygen atoms in total. The van der Waals surface area contributed by atoms with Crippen molar-refractivity contribution in [1.29, 1.82) is 0 Å². The summed E-state index contributed by atoms with van der Waals surface area (Å²) >= 11 is 0. The van der Waals surface area contributed by atoms with E-state index in [9.17, 15) is 0 Å². The first-order valence-corrected chi connectivity index (χ1v) is 22.0. The molecule has 0 amide bonds. The fourth-order valence-corrected chi connectivity index (χ4v) is 9.51. The molecule has 0 unspecified atom stereocenters. The largest absolute Gasteiger partial charge is 0.0654 e. The SMILES string of the molecule is CCCCCCCCCCCCCCc1ccc(SSSc2ccc(CCCCCCCCCCCCCC)cc2)cc1. The molecular formula is C40H66S3. The van der Waals surface area contributed by atoms with Crippen LogP contribution in [0, 0.1) is 0 Å². The molecule has 0 aliphatic carbocycles. The monoisotopic (exact) mass is 642 g/mol. The van der Waals surface area contributed by atoms with Crippen molar-refractivity contribution in [3.8, 4) is 0 Å². The molecule has 2 aromatic rings. The third-order valence-corrected chi connectivity index (χ3v) is 12.6. The van der Waals surface area contributed by atoms with Gasteiger partial charge in [-0.05, 0) is 92.5 Å². The van der Waals surface area contributed by atoms with Gasteiger partial charge in [-0.3, -0.25) is 0 Å². The Morgan fingerprint density at radius 2 is 0.581 bits per heavy atom. The Bertz CT molecular complexity index is 774. The number of rotatable bonds is 30. The second-order valence-electron chi connectivity index (χ2n) is 12.8. The summed E-state index contributed by atoms with van der Waals surface area (Å²) < 4.78 is 0. The van der Waals surface area contributed by atoms with Crippen molar-refractivity contribution in [3.63, 3.8) is 0 Å². The Morgan fingerprint density at radius 1 is 0.326 bits per heavy atom. The highest BCUT2D eigenvalue weighted by Crippen LogP contribution is 2.44. The number of unbranched alkanes of at least 4 members (excludes halogenated alkanes) is 22. The van der Waals surface area contributed by atoms with Crippen LogP contribution in [0.25, 0.3) is 0 Å². The molecule has 0 spiro atoms. The second-order valence-corrected chi connectivity index (χ2v) is 16.8. The number of hydrogen-bond acceptors (Lipinski definition) is 3. The minimum absolute atomic E-state index is 1.23. The highest BCUT2D eigenvalue weighted by Gasteiger charge is 2.02. The zero-order valence-corrected chi connectivity index (χ0v) is 30.7. The van der Waals surface area contributed by atoms with Crippen molar-refractivity contribution in [2.45, 2.75) is 191 Å². The van der Waals surface area contributed by atoms with E-state index in [0.29, 0.717) is 0 Å². The van der Waals surface area contributed by atoms with Crippen molar-refractivity contribution in [3.05, 3.63) is 59.7 Å². The molecule has 0 saturated heterocycles. The van der Waals surface area contributed by atoms with Crippen LogP contribution in [0.15, 0.2) is 58.3 Å². The van der Waals surface area contributed by atoms with E-state index in [4.69, 9.17) is 0 Å². The van der Waals surface area contributed by atoms with Crippen molar-refractivity contribution < 1.29 is 0 Å². The van der Waals surface area contributed by atoms with Gasteiger partial charge in [0.2, 0.25) is 0 Å². The lowest BCUT2D eigenvalue weighted by molar-refractivity contribution is 0.544. The van der Waals surface area contributed by atoms with Gasteiger partial charge >= 0.3 is 0 Å². The third-order valence-electron chi connectivity index (χ3n) is 8.75. The third kappa shape index (κ3) is 22.6. The summed E-state index contributed by atoms with van der Waals surface area (Å²) in [5.41, 5.74) is 3.00. The molecule has 0 bridgehead atoms. The molecule has 0 aliphatic heterocycles. The maximum Gasteiger partial charge on any atom is 0.0191 e. The molecule has 0 radical (unpaired) electrons. The van der Waals surface area contributed by atoms with E-state index >= 15 is 0 Å². The van der Waals surface area contributed by atoms with Gasteiger partial charge in [0.25, 0.3) is 0 Å². The maximum atomic E-state index is 2.34. The number of aryl methyl sites for hydroxylation is 2. The quantitative estimate of drug-likeness (QED) is 0.0614. The molecule has 2 rings (SSSR count). The van der Waals surface area contributed by atoms with Crippen LogP contribution in [0.4, 0.5) is 0 Å².